The number of rotatable bonds is 9. The van der Waals surface area contributed by atoms with E-state index in [9.17, 15) is 14.0 Å². The highest BCUT2D eigenvalue weighted by Crippen LogP contribution is 2.17. The second-order valence-corrected chi connectivity index (χ2v) is 6.88. The number of carbonyl (C=O) groups excluding carboxylic acids is 2. The lowest BCUT2D eigenvalue weighted by atomic mass is 10.0. The third-order valence-corrected chi connectivity index (χ3v) is 4.66. The predicted molar refractivity (Wildman–Crippen MR) is 109 cm³/mol. The van der Waals surface area contributed by atoms with Gasteiger partial charge >= 0.3 is 0 Å². The molecule has 8 heteroatoms. The smallest absolute Gasteiger partial charge is 0.265 e. The van der Waals surface area contributed by atoms with E-state index >= 15 is 0 Å². The third kappa shape index (κ3) is 5.87. The van der Waals surface area contributed by atoms with Gasteiger partial charge in [-0.3, -0.25) is 9.59 Å². The van der Waals surface area contributed by atoms with Gasteiger partial charge in [0.15, 0.2) is 0 Å². The van der Waals surface area contributed by atoms with Crippen molar-refractivity contribution >= 4 is 17.5 Å². The zero-order valence-corrected chi connectivity index (χ0v) is 16.6. The molecule has 7 nitrogen and oxygen atoms in total. The van der Waals surface area contributed by atoms with Crippen LogP contribution < -0.4 is 10.6 Å². The van der Waals surface area contributed by atoms with Gasteiger partial charge in [0.05, 0.1) is 12.3 Å². The van der Waals surface area contributed by atoms with E-state index < -0.39 is 18.1 Å². The Bertz CT molecular complexity index is 887. The minimum absolute atomic E-state index is 0.237. The number of amides is 2. The molecule has 3 rings (SSSR count). The van der Waals surface area contributed by atoms with Gasteiger partial charge in [0.2, 0.25) is 12.0 Å². The molecule has 0 fully saturated rings. The van der Waals surface area contributed by atoms with Gasteiger partial charge in [-0.15, -0.1) is 0 Å². The molecule has 0 saturated carbocycles. The summed E-state index contributed by atoms with van der Waals surface area (Å²) in [7, 11) is 1.55. The summed E-state index contributed by atoms with van der Waals surface area (Å²) in [5, 5.41) is 9.47. The van der Waals surface area contributed by atoms with Crippen LogP contribution in [0.5, 0.6) is 0 Å². The van der Waals surface area contributed by atoms with Crippen LogP contribution in [-0.4, -0.2) is 49.9 Å². The number of benzene rings is 2. The first-order chi connectivity index (χ1) is 14.6. The Morgan fingerprint density at radius 1 is 1.20 bits per heavy atom. The maximum atomic E-state index is 13.1. The molecular weight excluding hydrogens is 389 g/mol. The molecule has 0 bridgehead atoms. The fourth-order valence-corrected chi connectivity index (χ4v) is 3.05. The second-order valence-electron chi connectivity index (χ2n) is 6.88. The molecule has 0 saturated heterocycles. The van der Waals surface area contributed by atoms with Crippen molar-refractivity contribution in [2.75, 3.05) is 20.3 Å². The van der Waals surface area contributed by atoms with Crippen LogP contribution in [0.15, 0.2) is 59.8 Å². The number of ether oxygens (including phenoxy) is 1. The average molecular weight is 413 g/mol. The highest BCUT2D eigenvalue weighted by molar-refractivity contribution is 6.04. The fourth-order valence-electron chi connectivity index (χ4n) is 3.05. The van der Waals surface area contributed by atoms with E-state index in [2.05, 4.69) is 15.8 Å². The van der Waals surface area contributed by atoms with Crippen molar-refractivity contribution in [2.24, 2.45) is 5.16 Å². The lowest BCUT2D eigenvalue weighted by molar-refractivity contribution is -0.135. The summed E-state index contributed by atoms with van der Waals surface area (Å²) in [5.41, 5.74) is 2.16. The van der Waals surface area contributed by atoms with Gasteiger partial charge in [-0.2, -0.15) is 0 Å². The van der Waals surface area contributed by atoms with Crippen molar-refractivity contribution in [1.29, 1.82) is 0 Å². The van der Waals surface area contributed by atoms with E-state index in [4.69, 9.17) is 9.57 Å². The minimum atomic E-state index is -0.852. The van der Waals surface area contributed by atoms with E-state index in [1.165, 1.54) is 12.1 Å². The Hall–Kier alpha value is -3.26. The van der Waals surface area contributed by atoms with Crippen LogP contribution in [0.2, 0.25) is 0 Å². The van der Waals surface area contributed by atoms with Crippen LogP contribution >= 0.6 is 0 Å². The molecule has 0 radical (unpaired) electrons. The normalized spacial score (nSPS) is 16.3. The topological polar surface area (TPSA) is 89.0 Å². The van der Waals surface area contributed by atoms with Crippen LogP contribution in [0.3, 0.4) is 0 Å². The Morgan fingerprint density at radius 2 is 1.93 bits per heavy atom. The maximum absolute atomic E-state index is 13.1. The third-order valence-electron chi connectivity index (χ3n) is 4.66. The monoisotopic (exact) mass is 413 g/mol. The molecule has 1 aliphatic heterocycles. The van der Waals surface area contributed by atoms with E-state index in [0.717, 1.165) is 5.56 Å². The zero-order valence-electron chi connectivity index (χ0n) is 16.6. The van der Waals surface area contributed by atoms with E-state index in [0.29, 0.717) is 30.8 Å². The molecule has 0 aliphatic carbocycles. The second kappa shape index (κ2) is 10.5. The molecule has 2 aromatic carbocycles. The Labute approximate surface area is 174 Å². The Kier molecular flexibility index (Phi) is 7.51. The van der Waals surface area contributed by atoms with E-state index in [-0.39, 0.29) is 18.1 Å². The predicted octanol–water partition coefficient (Wildman–Crippen LogP) is 1.81. The molecule has 158 valence electrons. The standard InChI is InChI=1S/C22H24FN3O4/c1-29-12-11-24-21(27)19(13-15-5-3-2-4-6-15)25-22(28)20-14-18(26-30-20)16-7-9-17(23)10-8-16/h2-10,19-20H,11-14H2,1H3,(H,24,27)(H,25,28)/t19-,20+/m0/s1. The number of hydrogen-bond acceptors (Lipinski definition) is 5. The molecule has 2 N–H and O–H groups in total. The molecule has 1 aliphatic rings. The molecule has 2 atom stereocenters. The van der Waals surface area contributed by atoms with Gasteiger partial charge in [0.25, 0.3) is 5.91 Å². The summed E-state index contributed by atoms with van der Waals surface area (Å²) in [6.45, 7) is 0.715. The Morgan fingerprint density at radius 3 is 2.63 bits per heavy atom. The Balaban J connectivity index is 1.62. The number of carbonyl (C=O) groups is 2. The maximum Gasteiger partial charge on any atom is 0.265 e. The lowest BCUT2D eigenvalue weighted by Gasteiger charge is -2.20. The number of oxime groups is 1. The molecule has 30 heavy (non-hydrogen) atoms. The minimum Gasteiger partial charge on any atom is -0.383 e. The summed E-state index contributed by atoms with van der Waals surface area (Å²) in [6.07, 6.45) is -0.278. The molecule has 2 amide bonds. The summed E-state index contributed by atoms with van der Waals surface area (Å²) in [4.78, 5) is 30.6. The van der Waals surface area contributed by atoms with Gasteiger partial charge in [0.1, 0.15) is 11.9 Å². The van der Waals surface area contributed by atoms with Crippen molar-refractivity contribution < 1.29 is 23.6 Å². The lowest BCUT2D eigenvalue weighted by Crippen LogP contribution is -2.51. The highest BCUT2D eigenvalue weighted by Gasteiger charge is 2.32. The number of halogens is 1. The van der Waals surface area contributed by atoms with Crippen molar-refractivity contribution in [1.82, 2.24) is 10.6 Å². The number of nitrogens with one attached hydrogen (secondary N) is 2. The molecule has 2 aromatic rings. The molecular formula is C22H24FN3O4. The zero-order chi connectivity index (χ0) is 21.3. The van der Waals surface area contributed by atoms with Crippen LogP contribution in [-0.2, 0) is 25.6 Å². The quantitative estimate of drug-likeness (QED) is 0.614. The number of methoxy groups -OCH3 is 1. The number of nitrogens with zero attached hydrogens (tertiary/aromatic N) is 1. The first-order valence-corrected chi connectivity index (χ1v) is 9.66. The summed E-state index contributed by atoms with van der Waals surface area (Å²) in [6, 6.07) is 14.5. The number of hydrogen-bond donors (Lipinski definition) is 2. The highest BCUT2D eigenvalue weighted by atomic mass is 19.1. The molecule has 0 spiro atoms. The van der Waals surface area contributed by atoms with Crippen molar-refractivity contribution in [3.05, 3.63) is 71.5 Å². The first kappa shape index (κ1) is 21.4. The average Bonchev–Trinajstić information content (AvgIpc) is 3.25. The first-order valence-electron chi connectivity index (χ1n) is 9.66. The van der Waals surface area contributed by atoms with Crippen molar-refractivity contribution in [2.45, 2.75) is 25.0 Å². The summed E-state index contributed by atoms with van der Waals surface area (Å²) >= 11 is 0. The fraction of sp³-hybridized carbons (Fsp3) is 0.318. The van der Waals surface area contributed by atoms with Crippen molar-refractivity contribution in [3.63, 3.8) is 0 Å². The van der Waals surface area contributed by atoms with Crippen LogP contribution in [0.25, 0.3) is 0 Å². The van der Waals surface area contributed by atoms with Gasteiger partial charge in [-0.05, 0) is 23.3 Å². The van der Waals surface area contributed by atoms with Gasteiger partial charge < -0.3 is 20.2 Å². The molecule has 0 unspecified atom stereocenters. The van der Waals surface area contributed by atoms with Gasteiger partial charge in [-0.1, -0.05) is 47.6 Å². The van der Waals surface area contributed by atoms with Crippen LogP contribution in [0, 0.1) is 5.82 Å². The van der Waals surface area contributed by atoms with Gasteiger partial charge in [-0.25, -0.2) is 4.39 Å². The summed E-state index contributed by atoms with van der Waals surface area (Å²) in [5.74, 6) is -1.09. The van der Waals surface area contributed by atoms with Crippen LogP contribution in [0.4, 0.5) is 4.39 Å². The largest absolute Gasteiger partial charge is 0.383 e. The molecule has 0 aromatic heterocycles. The summed E-state index contributed by atoms with van der Waals surface area (Å²) < 4.78 is 18.1. The van der Waals surface area contributed by atoms with Gasteiger partial charge in [0, 0.05) is 26.5 Å². The molecule has 1 heterocycles. The van der Waals surface area contributed by atoms with E-state index in [1.54, 1.807) is 19.2 Å². The van der Waals surface area contributed by atoms with Crippen LogP contribution in [0.1, 0.15) is 17.5 Å². The van der Waals surface area contributed by atoms with E-state index in [1.807, 2.05) is 30.3 Å². The SMILES string of the molecule is COCCNC(=O)[C@H](Cc1ccccc1)NC(=O)[C@H]1CC(c2ccc(F)cc2)=NO1. The van der Waals surface area contributed by atoms with Crippen molar-refractivity contribution in [3.8, 4) is 0 Å².